The van der Waals surface area contributed by atoms with Crippen LogP contribution in [0.5, 0.6) is 0 Å². The number of hydrogen-bond acceptors (Lipinski definition) is 3. The molecule has 2 atom stereocenters. The molecule has 25 heavy (non-hydrogen) atoms. The summed E-state index contributed by atoms with van der Waals surface area (Å²) < 4.78 is 27.7. The molecule has 1 unspecified atom stereocenters. The molecule has 134 valence electrons. The van der Waals surface area contributed by atoms with Gasteiger partial charge in [-0.05, 0) is 76.1 Å². The van der Waals surface area contributed by atoms with Gasteiger partial charge in [-0.15, -0.1) is 4.31 Å². The maximum absolute atomic E-state index is 13.2. The van der Waals surface area contributed by atoms with Crippen molar-refractivity contribution in [2.45, 2.75) is 44.4 Å². The molecule has 0 bridgehead atoms. The Kier molecular flexibility index (Phi) is 4.88. The van der Waals surface area contributed by atoms with Gasteiger partial charge in [0.1, 0.15) is 15.7 Å². The number of nitrogens with zero attached hydrogens (tertiary/aromatic N) is 2. The first-order valence-electron chi connectivity index (χ1n) is 8.25. The molecule has 1 aromatic carbocycles. The summed E-state index contributed by atoms with van der Waals surface area (Å²) in [5, 5.41) is 0.381. The minimum absolute atomic E-state index is 0.288. The number of hydrogen-bond donors (Lipinski definition) is 0. The van der Waals surface area contributed by atoms with Crippen molar-refractivity contribution in [1.29, 1.82) is 0 Å². The first-order valence-corrected chi connectivity index (χ1v) is 9.73. The molecule has 3 rings (SSSR count). The lowest BCUT2D eigenvalue weighted by molar-refractivity contribution is 0.0856. The topological polar surface area (TPSA) is 39.2 Å². The second kappa shape index (κ2) is 6.54. The molecule has 1 aliphatic heterocycles. The molecule has 0 N–H and O–H groups in total. The normalized spacial score (nSPS) is 22.5. The average Bonchev–Trinajstić information content (AvgIpc) is 2.52. The van der Waals surface area contributed by atoms with Gasteiger partial charge in [0, 0.05) is 23.5 Å². The van der Waals surface area contributed by atoms with Crippen molar-refractivity contribution in [2.75, 3.05) is 6.54 Å². The maximum Gasteiger partial charge on any atom is 0.137 e. The van der Waals surface area contributed by atoms with E-state index in [2.05, 4.69) is 11.9 Å². The lowest BCUT2D eigenvalue weighted by Crippen LogP contribution is -2.61. The van der Waals surface area contributed by atoms with E-state index in [4.69, 9.17) is 11.6 Å². The second-order valence-electron chi connectivity index (χ2n) is 7.56. The van der Waals surface area contributed by atoms with Crippen molar-refractivity contribution >= 4 is 23.0 Å². The highest BCUT2D eigenvalue weighted by molar-refractivity contribution is 7.90. The van der Waals surface area contributed by atoms with E-state index in [-0.39, 0.29) is 16.1 Å². The highest BCUT2D eigenvalue weighted by Crippen LogP contribution is 2.45. The third kappa shape index (κ3) is 3.56. The molecular formula is C19H22ClFN2OS. The Morgan fingerprint density at radius 1 is 1.24 bits per heavy atom. The molecule has 1 aromatic heterocycles. The van der Waals surface area contributed by atoms with Crippen LogP contribution in [0.4, 0.5) is 4.39 Å². The molecule has 1 aliphatic rings. The van der Waals surface area contributed by atoms with E-state index in [1.807, 2.05) is 37.2 Å². The summed E-state index contributed by atoms with van der Waals surface area (Å²) in [6, 6.07) is 9.98. The van der Waals surface area contributed by atoms with Crippen molar-refractivity contribution in [3.05, 3.63) is 52.9 Å². The van der Waals surface area contributed by atoms with Gasteiger partial charge in [0.15, 0.2) is 0 Å². The van der Waals surface area contributed by atoms with Crippen LogP contribution >= 0.6 is 11.6 Å². The molecule has 3 nitrogen and oxygen atoms in total. The average molecular weight is 381 g/mol. The Balaban J connectivity index is 1.99. The highest BCUT2D eigenvalue weighted by Gasteiger charge is 2.52. The maximum atomic E-state index is 13.2. The zero-order chi connectivity index (χ0) is 18.4. The van der Waals surface area contributed by atoms with Gasteiger partial charge >= 0.3 is 0 Å². The van der Waals surface area contributed by atoms with Crippen LogP contribution in [0.15, 0.2) is 36.4 Å². The molecule has 0 spiro atoms. The fourth-order valence-corrected chi connectivity index (χ4v) is 4.69. The van der Waals surface area contributed by atoms with Gasteiger partial charge in [-0.3, -0.25) is 0 Å². The van der Waals surface area contributed by atoms with E-state index >= 15 is 0 Å². The molecule has 2 aromatic rings. The molecule has 2 heterocycles. The van der Waals surface area contributed by atoms with Crippen LogP contribution in [0.1, 0.15) is 39.7 Å². The summed E-state index contributed by atoms with van der Waals surface area (Å²) in [6.07, 6.45) is 0.901. The largest absolute Gasteiger partial charge is 0.597 e. The minimum Gasteiger partial charge on any atom is -0.597 e. The fraction of sp³-hybridized carbons (Fsp3) is 0.421. The van der Waals surface area contributed by atoms with E-state index in [1.54, 1.807) is 12.1 Å². The monoisotopic (exact) mass is 380 g/mol. The zero-order valence-corrected chi connectivity index (χ0v) is 16.4. The van der Waals surface area contributed by atoms with Crippen molar-refractivity contribution in [3.63, 3.8) is 0 Å². The number of aromatic nitrogens is 1. The lowest BCUT2D eigenvalue weighted by Gasteiger charge is -2.51. The first kappa shape index (κ1) is 18.6. The van der Waals surface area contributed by atoms with Gasteiger partial charge in [-0.25, -0.2) is 9.37 Å². The van der Waals surface area contributed by atoms with Crippen LogP contribution in [-0.4, -0.2) is 25.1 Å². The SMILES string of the molecule is CC(C)(C)[S+]([O-])N1CC[C@@]1(C)c1cc(Cl)nc(-c2ccc(F)cc2)c1. The number of rotatable bonds is 3. The van der Waals surface area contributed by atoms with Crippen LogP contribution in [-0.2, 0) is 16.9 Å². The molecule has 1 fully saturated rings. The van der Waals surface area contributed by atoms with Crippen molar-refractivity contribution in [3.8, 4) is 11.3 Å². The summed E-state index contributed by atoms with van der Waals surface area (Å²) in [6.45, 7) is 8.80. The fourth-order valence-electron chi connectivity index (χ4n) is 3.00. The smallest absolute Gasteiger partial charge is 0.137 e. The third-order valence-corrected chi connectivity index (χ3v) is 6.86. The molecular weight excluding hydrogens is 359 g/mol. The van der Waals surface area contributed by atoms with Gasteiger partial charge < -0.3 is 4.55 Å². The predicted octanol–water partition coefficient (Wildman–Crippen LogP) is 4.92. The quantitative estimate of drug-likeness (QED) is 0.560. The van der Waals surface area contributed by atoms with Crippen LogP contribution < -0.4 is 0 Å². The van der Waals surface area contributed by atoms with E-state index in [0.29, 0.717) is 10.8 Å². The van der Waals surface area contributed by atoms with Crippen LogP contribution in [0, 0.1) is 5.82 Å². The molecule has 0 amide bonds. The number of halogens is 2. The third-order valence-electron chi connectivity index (χ3n) is 4.63. The lowest BCUT2D eigenvalue weighted by atomic mass is 9.82. The predicted molar refractivity (Wildman–Crippen MR) is 101 cm³/mol. The van der Waals surface area contributed by atoms with Gasteiger partial charge in [-0.2, -0.15) is 0 Å². The van der Waals surface area contributed by atoms with E-state index in [1.165, 1.54) is 12.1 Å². The van der Waals surface area contributed by atoms with E-state index in [0.717, 1.165) is 24.1 Å². The Labute approximate surface area is 156 Å². The highest BCUT2D eigenvalue weighted by atomic mass is 35.5. The summed E-state index contributed by atoms with van der Waals surface area (Å²) in [5.41, 5.74) is 2.13. The summed E-state index contributed by atoms with van der Waals surface area (Å²) >= 11 is 5.15. The van der Waals surface area contributed by atoms with Gasteiger partial charge in [0.05, 0.1) is 11.2 Å². The van der Waals surface area contributed by atoms with Gasteiger partial charge in [0.2, 0.25) is 0 Å². The van der Waals surface area contributed by atoms with Crippen LogP contribution in [0.25, 0.3) is 11.3 Å². The van der Waals surface area contributed by atoms with Crippen LogP contribution in [0.3, 0.4) is 0 Å². The van der Waals surface area contributed by atoms with E-state index < -0.39 is 11.4 Å². The van der Waals surface area contributed by atoms with Crippen molar-refractivity contribution < 1.29 is 8.94 Å². The number of pyridine rings is 1. The first-order chi connectivity index (χ1) is 11.6. The summed E-state index contributed by atoms with van der Waals surface area (Å²) in [7, 11) is 0. The Morgan fingerprint density at radius 2 is 1.88 bits per heavy atom. The molecule has 0 radical (unpaired) electrons. The Hall–Kier alpha value is -1.14. The number of benzene rings is 1. The summed E-state index contributed by atoms with van der Waals surface area (Å²) in [5.74, 6) is -0.288. The minimum atomic E-state index is -1.11. The van der Waals surface area contributed by atoms with Crippen molar-refractivity contribution in [1.82, 2.24) is 9.29 Å². The van der Waals surface area contributed by atoms with Gasteiger partial charge in [-0.1, -0.05) is 11.6 Å². The standard InChI is InChI=1S/C19H22ClFN2OS/c1-18(2,3)25(24)23-10-9-19(23,4)14-11-16(22-17(20)12-14)13-5-7-15(21)8-6-13/h5-8,11-12H,9-10H2,1-4H3/t19-,25?/m0/s1. The van der Waals surface area contributed by atoms with Crippen molar-refractivity contribution in [2.24, 2.45) is 0 Å². The second-order valence-corrected chi connectivity index (χ2v) is 10.1. The molecule has 0 aliphatic carbocycles. The van der Waals surface area contributed by atoms with Gasteiger partial charge in [0.25, 0.3) is 0 Å². The molecule has 0 saturated carbocycles. The summed E-state index contributed by atoms with van der Waals surface area (Å²) in [4.78, 5) is 4.37. The molecule has 1 saturated heterocycles. The Morgan fingerprint density at radius 3 is 2.40 bits per heavy atom. The zero-order valence-electron chi connectivity index (χ0n) is 14.8. The molecule has 6 heteroatoms. The van der Waals surface area contributed by atoms with Crippen LogP contribution in [0.2, 0.25) is 5.15 Å². The Bertz CT molecular complexity index is 778. The van der Waals surface area contributed by atoms with E-state index in [9.17, 15) is 8.94 Å².